The Morgan fingerprint density at radius 3 is 2.30 bits per heavy atom. The van der Waals surface area contributed by atoms with Crippen LogP contribution in [0.25, 0.3) is 5.57 Å². The molecule has 0 saturated carbocycles. The molecule has 0 radical (unpaired) electrons. The largest absolute Gasteiger partial charge is 0.502 e. The van der Waals surface area contributed by atoms with Gasteiger partial charge in [0.15, 0.2) is 5.76 Å². The van der Waals surface area contributed by atoms with Crippen LogP contribution in [0, 0.1) is 5.82 Å². The maximum absolute atomic E-state index is 13.0. The van der Waals surface area contributed by atoms with E-state index in [0.717, 1.165) is 17.0 Å². The van der Waals surface area contributed by atoms with Gasteiger partial charge in [0.05, 0.1) is 12.1 Å². The van der Waals surface area contributed by atoms with Gasteiger partial charge in [-0.05, 0) is 29.3 Å². The molecule has 3 rings (SSSR count). The SMILES string of the molecule is O=C1C(O)=C(c2ccc(F)cc2)C(=O)N1Cc1ccccc1Cl. The number of imide groups is 1. The minimum atomic E-state index is -0.797. The molecule has 0 atom stereocenters. The standard InChI is InChI=1S/C17H11ClFNO3/c18-13-4-2-1-3-11(13)9-20-16(22)14(15(21)17(20)23)10-5-7-12(19)8-6-10/h1-8,21H,9H2. The molecule has 23 heavy (non-hydrogen) atoms. The molecule has 0 aromatic heterocycles. The molecule has 2 aromatic carbocycles. The quantitative estimate of drug-likeness (QED) is 0.878. The van der Waals surface area contributed by atoms with Crippen molar-refractivity contribution in [3.05, 3.63) is 76.3 Å². The molecular weight excluding hydrogens is 321 g/mol. The zero-order chi connectivity index (χ0) is 16.6. The number of carbonyl (C=O) groups is 2. The van der Waals surface area contributed by atoms with Crippen molar-refractivity contribution in [2.45, 2.75) is 6.54 Å². The molecule has 0 bridgehead atoms. The predicted octanol–water partition coefficient (Wildman–Crippen LogP) is 3.32. The van der Waals surface area contributed by atoms with Crippen molar-refractivity contribution >= 4 is 29.0 Å². The third-order valence-corrected chi connectivity index (χ3v) is 3.93. The van der Waals surface area contributed by atoms with E-state index < -0.39 is 23.4 Å². The van der Waals surface area contributed by atoms with Gasteiger partial charge in [0.1, 0.15) is 5.82 Å². The Morgan fingerprint density at radius 2 is 1.65 bits per heavy atom. The lowest BCUT2D eigenvalue weighted by molar-refractivity contribution is -0.138. The van der Waals surface area contributed by atoms with Gasteiger partial charge in [0, 0.05) is 5.02 Å². The average molecular weight is 332 g/mol. The van der Waals surface area contributed by atoms with E-state index >= 15 is 0 Å². The van der Waals surface area contributed by atoms with Gasteiger partial charge < -0.3 is 5.11 Å². The predicted molar refractivity (Wildman–Crippen MR) is 83.0 cm³/mol. The van der Waals surface area contributed by atoms with E-state index in [1.54, 1.807) is 24.3 Å². The van der Waals surface area contributed by atoms with E-state index in [-0.39, 0.29) is 17.7 Å². The van der Waals surface area contributed by atoms with Crippen LogP contribution >= 0.6 is 11.6 Å². The molecule has 116 valence electrons. The second-order valence-electron chi connectivity index (χ2n) is 5.02. The molecule has 0 fully saturated rings. The first-order chi connectivity index (χ1) is 11.0. The van der Waals surface area contributed by atoms with Crippen LogP contribution in [0.5, 0.6) is 0 Å². The summed E-state index contributed by atoms with van der Waals surface area (Å²) in [5.41, 5.74) is 0.731. The summed E-state index contributed by atoms with van der Waals surface area (Å²) < 4.78 is 13.0. The number of hydrogen-bond donors (Lipinski definition) is 1. The maximum Gasteiger partial charge on any atom is 0.296 e. The first-order valence-electron chi connectivity index (χ1n) is 6.78. The summed E-state index contributed by atoms with van der Waals surface area (Å²) in [7, 11) is 0. The van der Waals surface area contributed by atoms with Crippen LogP contribution in [0.4, 0.5) is 4.39 Å². The lowest BCUT2D eigenvalue weighted by Crippen LogP contribution is -2.31. The number of aliphatic hydroxyl groups is 1. The summed E-state index contributed by atoms with van der Waals surface area (Å²) in [4.78, 5) is 25.6. The molecule has 1 aliphatic rings. The van der Waals surface area contributed by atoms with Gasteiger partial charge in [-0.2, -0.15) is 0 Å². The van der Waals surface area contributed by atoms with E-state index in [9.17, 15) is 19.1 Å². The first kappa shape index (κ1) is 15.2. The fraction of sp³-hybridized carbons (Fsp3) is 0.0588. The van der Waals surface area contributed by atoms with Crippen LogP contribution in [0.3, 0.4) is 0 Å². The first-order valence-corrected chi connectivity index (χ1v) is 7.15. The lowest BCUT2D eigenvalue weighted by atomic mass is 10.1. The Bertz CT molecular complexity index is 830. The molecule has 0 saturated heterocycles. The molecule has 1 heterocycles. The number of halogens is 2. The van der Waals surface area contributed by atoms with E-state index in [2.05, 4.69) is 0 Å². The topological polar surface area (TPSA) is 57.6 Å². The highest BCUT2D eigenvalue weighted by Gasteiger charge is 2.39. The summed E-state index contributed by atoms with van der Waals surface area (Å²) >= 11 is 6.04. The second-order valence-corrected chi connectivity index (χ2v) is 5.43. The monoisotopic (exact) mass is 331 g/mol. The molecular formula is C17H11ClFNO3. The number of nitrogens with zero attached hydrogens (tertiary/aromatic N) is 1. The molecule has 0 spiro atoms. The van der Waals surface area contributed by atoms with Crippen molar-refractivity contribution in [3.8, 4) is 0 Å². The van der Waals surface area contributed by atoms with Crippen LogP contribution in [-0.2, 0) is 16.1 Å². The van der Waals surface area contributed by atoms with Gasteiger partial charge in [-0.1, -0.05) is 41.9 Å². The second kappa shape index (κ2) is 5.85. The normalized spacial score (nSPS) is 14.8. The lowest BCUT2D eigenvalue weighted by Gasteiger charge is -2.15. The molecule has 1 N–H and O–H groups in total. The summed E-state index contributed by atoms with van der Waals surface area (Å²) in [5, 5.41) is 10.4. The molecule has 4 nitrogen and oxygen atoms in total. The Labute approximate surface area is 136 Å². The molecule has 0 aliphatic carbocycles. The van der Waals surface area contributed by atoms with Crippen molar-refractivity contribution in [2.24, 2.45) is 0 Å². The van der Waals surface area contributed by atoms with E-state index in [1.165, 1.54) is 12.1 Å². The van der Waals surface area contributed by atoms with E-state index in [0.29, 0.717) is 10.6 Å². The smallest absolute Gasteiger partial charge is 0.296 e. The van der Waals surface area contributed by atoms with Crippen LogP contribution in [0.15, 0.2) is 54.3 Å². The molecule has 2 aromatic rings. The summed E-state index contributed by atoms with van der Waals surface area (Å²) in [5.74, 6) is -2.56. The Hall–Kier alpha value is -2.66. The fourth-order valence-corrected chi connectivity index (χ4v) is 2.58. The van der Waals surface area contributed by atoms with Gasteiger partial charge >= 0.3 is 0 Å². The number of benzene rings is 2. The van der Waals surface area contributed by atoms with E-state index in [1.807, 2.05) is 0 Å². The highest BCUT2D eigenvalue weighted by atomic mass is 35.5. The van der Waals surface area contributed by atoms with Crippen molar-refractivity contribution in [1.29, 1.82) is 0 Å². The third-order valence-electron chi connectivity index (χ3n) is 3.56. The third kappa shape index (κ3) is 2.71. The summed E-state index contributed by atoms with van der Waals surface area (Å²) in [6.07, 6.45) is 0. The summed E-state index contributed by atoms with van der Waals surface area (Å²) in [6, 6.07) is 11.8. The van der Waals surface area contributed by atoms with Crippen molar-refractivity contribution in [2.75, 3.05) is 0 Å². The zero-order valence-corrected chi connectivity index (χ0v) is 12.5. The Morgan fingerprint density at radius 1 is 1.00 bits per heavy atom. The van der Waals surface area contributed by atoms with Gasteiger partial charge in [0.2, 0.25) is 0 Å². The van der Waals surface area contributed by atoms with Crippen molar-refractivity contribution in [1.82, 2.24) is 4.90 Å². The minimum absolute atomic E-state index is 0.0495. The number of rotatable bonds is 3. The Kier molecular flexibility index (Phi) is 3.88. The highest BCUT2D eigenvalue weighted by molar-refractivity contribution is 6.35. The van der Waals surface area contributed by atoms with Gasteiger partial charge in [-0.15, -0.1) is 0 Å². The van der Waals surface area contributed by atoms with Crippen LogP contribution < -0.4 is 0 Å². The Balaban J connectivity index is 1.93. The molecule has 0 unspecified atom stereocenters. The maximum atomic E-state index is 13.0. The van der Waals surface area contributed by atoms with Crippen LogP contribution in [0.1, 0.15) is 11.1 Å². The minimum Gasteiger partial charge on any atom is -0.502 e. The van der Waals surface area contributed by atoms with E-state index in [4.69, 9.17) is 11.6 Å². The van der Waals surface area contributed by atoms with Crippen LogP contribution in [-0.4, -0.2) is 21.8 Å². The molecule has 2 amide bonds. The van der Waals surface area contributed by atoms with Crippen LogP contribution in [0.2, 0.25) is 5.02 Å². The average Bonchev–Trinajstić information content (AvgIpc) is 2.74. The number of amides is 2. The van der Waals surface area contributed by atoms with Crippen molar-refractivity contribution in [3.63, 3.8) is 0 Å². The fourth-order valence-electron chi connectivity index (χ4n) is 2.38. The number of hydrogen-bond acceptors (Lipinski definition) is 3. The van der Waals surface area contributed by atoms with Crippen molar-refractivity contribution < 1.29 is 19.1 Å². The van der Waals surface area contributed by atoms with Gasteiger partial charge in [0.25, 0.3) is 11.8 Å². The number of aliphatic hydroxyl groups excluding tert-OH is 1. The molecule has 6 heteroatoms. The van der Waals surface area contributed by atoms with Gasteiger partial charge in [-0.25, -0.2) is 4.39 Å². The highest BCUT2D eigenvalue weighted by Crippen LogP contribution is 2.30. The summed E-state index contributed by atoms with van der Waals surface area (Å²) in [6.45, 7) is -0.0495. The van der Waals surface area contributed by atoms with Gasteiger partial charge in [-0.3, -0.25) is 14.5 Å². The zero-order valence-electron chi connectivity index (χ0n) is 11.8. The number of carbonyl (C=O) groups excluding carboxylic acids is 2. The molecule has 1 aliphatic heterocycles.